The van der Waals surface area contributed by atoms with Gasteiger partial charge in [-0.15, -0.1) is 0 Å². The minimum absolute atomic E-state index is 0.292. The molecular weight excluding hydrogens is 424 g/mol. The first-order valence-electron chi connectivity index (χ1n) is 13.5. The molecular formula is C30H46O2S. The monoisotopic (exact) mass is 470 g/mol. The molecule has 0 heterocycles. The Morgan fingerprint density at radius 2 is 0.879 bits per heavy atom. The number of hydrogen-bond donors (Lipinski definition) is 2. The Labute approximate surface area is 207 Å². The van der Waals surface area contributed by atoms with Crippen molar-refractivity contribution in [2.24, 2.45) is 0 Å². The lowest BCUT2D eigenvalue weighted by Crippen LogP contribution is -1.89. The van der Waals surface area contributed by atoms with E-state index in [1.165, 1.54) is 113 Å². The lowest BCUT2D eigenvalue weighted by molar-refractivity contribution is 0.459. The molecule has 0 spiro atoms. The molecule has 0 amide bonds. The summed E-state index contributed by atoms with van der Waals surface area (Å²) >= 11 is 1.47. The van der Waals surface area contributed by atoms with Crippen molar-refractivity contribution < 1.29 is 10.2 Å². The van der Waals surface area contributed by atoms with Gasteiger partial charge in [0.1, 0.15) is 11.5 Å². The predicted octanol–water partition coefficient (Wildman–Crippen LogP) is 9.84. The molecule has 0 aliphatic rings. The summed E-state index contributed by atoms with van der Waals surface area (Å²) in [4.78, 5) is 1.66. The fraction of sp³-hybridized carbons (Fsp3) is 0.600. The van der Waals surface area contributed by atoms with Crippen LogP contribution in [-0.2, 0) is 12.8 Å². The molecule has 33 heavy (non-hydrogen) atoms. The number of unbranched alkanes of at least 4 members (excludes halogenated alkanes) is 12. The third-order valence-corrected chi connectivity index (χ3v) is 7.50. The van der Waals surface area contributed by atoms with Crippen LogP contribution < -0.4 is 0 Å². The Bertz CT molecular complexity index is 721. The van der Waals surface area contributed by atoms with E-state index < -0.39 is 0 Å². The van der Waals surface area contributed by atoms with Gasteiger partial charge in [0.05, 0.1) is 9.79 Å². The van der Waals surface area contributed by atoms with Gasteiger partial charge >= 0.3 is 0 Å². The first-order chi connectivity index (χ1) is 16.1. The maximum absolute atomic E-state index is 10.4. The van der Waals surface area contributed by atoms with Crippen LogP contribution in [0.3, 0.4) is 0 Å². The molecule has 0 saturated carbocycles. The molecule has 2 N–H and O–H groups in total. The first kappa shape index (κ1) is 27.6. The van der Waals surface area contributed by atoms with Crippen LogP contribution in [0.15, 0.2) is 46.2 Å². The van der Waals surface area contributed by atoms with Crippen LogP contribution in [0.5, 0.6) is 11.5 Å². The Morgan fingerprint density at radius 3 is 1.27 bits per heavy atom. The van der Waals surface area contributed by atoms with E-state index in [9.17, 15) is 10.2 Å². The summed E-state index contributed by atoms with van der Waals surface area (Å²) in [5.41, 5.74) is 2.53. The molecule has 2 nitrogen and oxygen atoms in total. The van der Waals surface area contributed by atoms with Crippen LogP contribution in [0.25, 0.3) is 0 Å². The van der Waals surface area contributed by atoms with Gasteiger partial charge in [0.15, 0.2) is 0 Å². The van der Waals surface area contributed by atoms with Crippen LogP contribution >= 0.6 is 11.8 Å². The van der Waals surface area contributed by atoms with E-state index in [1.807, 2.05) is 12.1 Å². The number of phenolic OH excluding ortho intramolecular Hbond substituents is 2. The largest absolute Gasteiger partial charge is 0.507 e. The fourth-order valence-electron chi connectivity index (χ4n) is 4.28. The molecule has 2 rings (SSSR count). The molecule has 2 aromatic rings. The quantitative estimate of drug-likeness (QED) is 0.213. The smallest absolute Gasteiger partial charge is 0.129 e. The number of rotatable bonds is 18. The highest BCUT2D eigenvalue weighted by molar-refractivity contribution is 7.99. The molecule has 0 aliphatic carbocycles. The minimum Gasteiger partial charge on any atom is -0.507 e. The van der Waals surface area contributed by atoms with Gasteiger partial charge in [0.25, 0.3) is 0 Å². The van der Waals surface area contributed by atoms with Crippen molar-refractivity contribution >= 4 is 11.8 Å². The van der Waals surface area contributed by atoms with Gasteiger partial charge in [-0.3, -0.25) is 0 Å². The number of aromatic hydroxyl groups is 2. The zero-order chi connectivity index (χ0) is 23.7. The lowest BCUT2D eigenvalue weighted by Gasteiger charge is -2.11. The molecule has 0 radical (unpaired) electrons. The number of benzene rings is 2. The van der Waals surface area contributed by atoms with Gasteiger partial charge in [-0.1, -0.05) is 115 Å². The van der Waals surface area contributed by atoms with Crippen molar-refractivity contribution in [1.82, 2.24) is 0 Å². The summed E-state index contributed by atoms with van der Waals surface area (Å²) < 4.78 is 0. The predicted molar refractivity (Wildman–Crippen MR) is 144 cm³/mol. The molecule has 184 valence electrons. The lowest BCUT2D eigenvalue weighted by atomic mass is 10.0. The molecule has 0 bridgehead atoms. The Kier molecular flexibility index (Phi) is 14.2. The van der Waals surface area contributed by atoms with Crippen molar-refractivity contribution in [2.75, 3.05) is 0 Å². The standard InChI is InChI=1S/C30H46O2S/c1-3-5-7-9-11-13-15-17-25-19-21-27(31)29(23-25)33-30-24-26(20-22-28(30)32)18-16-14-12-10-8-6-4-2/h19-24,31-32H,3-18H2,1-2H3. The maximum Gasteiger partial charge on any atom is 0.129 e. The highest BCUT2D eigenvalue weighted by Gasteiger charge is 2.10. The second kappa shape index (κ2) is 16.9. The SMILES string of the molecule is CCCCCCCCCc1ccc(O)c(Sc2cc(CCCCCCCCC)ccc2O)c1. The molecule has 0 unspecified atom stereocenters. The van der Waals surface area contributed by atoms with E-state index in [0.717, 1.165) is 22.6 Å². The summed E-state index contributed by atoms with van der Waals surface area (Å²) in [6.07, 6.45) is 20.4. The molecule has 0 fully saturated rings. The Morgan fingerprint density at radius 1 is 0.515 bits per heavy atom. The summed E-state index contributed by atoms with van der Waals surface area (Å²) in [6, 6.07) is 11.9. The normalized spacial score (nSPS) is 11.2. The highest BCUT2D eigenvalue weighted by Crippen LogP contribution is 2.40. The zero-order valence-electron chi connectivity index (χ0n) is 21.1. The van der Waals surface area contributed by atoms with Gasteiger partial charge in [0.2, 0.25) is 0 Å². The molecule has 2 aromatic carbocycles. The average Bonchev–Trinajstić information content (AvgIpc) is 2.81. The minimum atomic E-state index is 0.292. The number of hydrogen-bond acceptors (Lipinski definition) is 3. The van der Waals surface area contributed by atoms with Crippen molar-refractivity contribution in [3.05, 3.63) is 47.5 Å². The van der Waals surface area contributed by atoms with Gasteiger partial charge in [0, 0.05) is 0 Å². The first-order valence-corrected chi connectivity index (χ1v) is 14.3. The highest BCUT2D eigenvalue weighted by atomic mass is 32.2. The van der Waals surface area contributed by atoms with Crippen molar-refractivity contribution in [3.63, 3.8) is 0 Å². The summed E-state index contributed by atoms with van der Waals surface area (Å²) in [6.45, 7) is 4.51. The summed E-state index contributed by atoms with van der Waals surface area (Å²) in [5, 5.41) is 20.8. The van der Waals surface area contributed by atoms with Crippen molar-refractivity contribution in [1.29, 1.82) is 0 Å². The van der Waals surface area contributed by atoms with Crippen LogP contribution in [0, 0.1) is 0 Å². The fourth-order valence-corrected chi connectivity index (χ4v) is 5.29. The van der Waals surface area contributed by atoms with Gasteiger partial charge in [-0.25, -0.2) is 0 Å². The third-order valence-electron chi connectivity index (χ3n) is 6.41. The Balaban J connectivity index is 1.84. The Hall–Kier alpha value is -1.61. The van der Waals surface area contributed by atoms with E-state index in [1.54, 1.807) is 12.1 Å². The second-order valence-corrected chi connectivity index (χ2v) is 10.5. The zero-order valence-corrected chi connectivity index (χ0v) is 21.9. The number of aryl methyl sites for hydroxylation is 2. The molecule has 0 saturated heterocycles. The average molecular weight is 471 g/mol. The molecule has 0 aliphatic heterocycles. The van der Waals surface area contributed by atoms with Crippen LogP contribution in [0.2, 0.25) is 0 Å². The van der Waals surface area contributed by atoms with Gasteiger partial charge in [-0.05, 0) is 61.1 Å². The van der Waals surface area contributed by atoms with Crippen molar-refractivity contribution in [2.45, 2.75) is 126 Å². The van der Waals surface area contributed by atoms with Gasteiger partial charge < -0.3 is 10.2 Å². The van der Waals surface area contributed by atoms with E-state index in [4.69, 9.17) is 0 Å². The topological polar surface area (TPSA) is 40.5 Å². The molecule has 3 heteroatoms. The van der Waals surface area contributed by atoms with Crippen LogP contribution in [0.4, 0.5) is 0 Å². The summed E-state index contributed by atoms with van der Waals surface area (Å²) in [5.74, 6) is 0.584. The number of phenols is 2. The van der Waals surface area contributed by atoms with E-state index in [-0.39, 0.29) is 0 Å². The third kappa shape index (κ3) is 11.4. The van der Waals surface area contributed by atoms with E-state index in [0.29, 0.717) is 11.5 Å². The van der Waals surface area contributed by atoms with E-state index in [2.05, 4.69) is 26.0 Å². The van der Waals surface area contributed by atoms with Gasteiger partial charge in [-0.2, -0.15) is 0 Å². The van der Waals surface area contributed by atoms with Crippen molar-refractivity contribution in [3.8, 4) is 11.5 Å². The molecule has 0 atom stereocenters. The summed E-state index contributed by atoms with van der Waals surface area (Å²) in [7, 11) is 0. The van der Waals surface area contributed by atoms with Crippen LogP contribution in [0.1, 0.15) is 115 Å². The maximum atomic E-state index is 10.4. The van der Waals surface area contributed by atoms with E-state index >= 15 is 0 Å². The second-order valence-electron chi connectivity index (χ2n) is 9.45. The van der Waals surface area contributed by atoms with Crippen LogP contribution in [-0.4, -0.2) is 10.2 Å². The molecule has 0 aromatic heterocycles.